The molecule has 2 aliphatic rings. The zero-order valence-corrected chi connectivity index (χ0v) is 13.0. The van der Waals surface area contributed by atoms with Crippen LogP contribution in [0.4, 0.5) is 5.82 Å². The van der Waals surface area contributed by atoms with Gasteiger partial charge in [0, 0.05) is 23.5 Å². The molecule has 2 fully saturated rings. The summed E-state index contributed by atoms with van der Waals surface area (Å²) in [5, 5.41) is 2.94. The number of ether oxygens (including phenoxy) is 1. The second-order valence-electron chi connectivity index (χ2n) is 5.17. The summed E-state index contributed by atoms with van der Waals surface area (Å²) in [6.07, 6.45) is 6.23. The molecule has 2 aromatic heterocycles. The lowest BCUT2D eigenvalue weighted by Gasteiger charge is -2.38. The van der Waals surface area contributed by atoms with Gasteiger partial charge in [0.1, 0.15) is 0 Å². The van der Waals surface area contributed by atoms with E-state index in [9.17, 15) is 0 Å². The molecule has 2 unspecified atom stereocenters. The van der Waals surface area contributed by atoms with E-state index in [1.54, 1.807) is 11.3 Å². The maximum Gasteiger partial charge on any atom is 0.195 e. The normalized spacial score (nSPS) is 27.1. The zero-order valence-electron chi connectivity index (χ0n) is 10.6. The van der Waals surface area contributed by atoms with Gasteiger partial charge in [0.05, 0.1) is 24.4 Å². The first-order valence-electron chi connectivity index (χ1n) is 6.77. The number of thiazole rings is 1. The van der Waals surface area contributed by atoms with Crippen LogP contribution in [0.15, 0.2) is 11.6 Å². The number of hydrogen-bond donors (Lipinski definition) is 0. The minimum atomic E-state index is 0.414. The van der Waals surface area contributed by atoms with Gasteiger partial charge in [-0.25, -0.2) is 4.98 Å². The molecule has 0 spiro atoms. The van der Waals surface area contributed by atoms with Crippen molar-refractivity contribution in [2.24, 2.45) is 0 Å². The molecule has 0 amide bonds. The van der Waals surface area contributed by atoms with Crippen molar-refractivity contribution in [2.45, 2.75) is 36.7 Å². The Morgan fingerprint density at radius 2 is 2.42 bits per heavy atom. The van der Waals surface area contributed by atoms with Gasteiger partial charge >= 0.3 is 0 Å². The highest BCUT2D eigenvalue weighted by Gasteiger charge is 2.38. The summed E-state index contributed by atoms with van der Waals surface area (Å²) in [6.45, 7) is 1.79. The topological polar surface area (TPSA) is 29.8 Å². The van der Waals surface area contributed by atoms with Crippen molar-refractivity contribution in [3.8, 4) is 0 Å². The fourth-order valence-electron chi connectivity index (χ4n) is 3.36. The maximum atomic E-state index is 5.90. The molecule has 6 heteroatoms. The van der Waals surface area contributed by atoms with Gasteiger partial charge in [0.25, 0.3) is 0 Å². The summed E-state index contributed by atoms with van der Waals surface area (Å²) >= 11 is 5.32. The number of imidazole rings is 1. The third-order valence-corrected chi connectivity index (χ3v) is 5.51. The van der Waals surface area contributed by atoms with Gasteiger partial charge in [-0.05, 0) is 19.3 Å². The second kappa shape index (κ2) is 4.75. The smallest absolute Gasteiger partial charge is 0.195 e. The monoisotopic (exact) mass is 341 g/mol. The number of nitrogens with zero attached hydrogens (tertiary/aromatic N) is 3. The summed E-state index contributed by atoms with van der Waals surface area (Å²) in [7, 11) is 0. The number of aromatic nitrogens is 2. The van der Waals surface area contributed by atoms with Crippen LogP contribution in [0, 0.1) is 0 Å². The van der Waals surface area contributed by atoms with Gasteiger partial charge in [-0.15, -0.1) is 11.3 Å². The Kier molecular flexibility index (Phi) is 3.04. The minimum Gasteiger partial charge on any atom is -0.374 e. The molecule has 19 heavy (non-hydrogen) atoms. The number of rotatable bonds is 2. The van der Waals surface area contributed by atoms with Crippen molar-refractivity contribution in [1.29, 1.82) is 0 Å². The first-order chi connectivity index (χ1) is 9.38. The van der Waals surface area contributed by atoms with Crippen LogP contribution in [0.2, 0.25) is 0 Å². The molecule has 3 heterocycles. The van der Waals surface area contributed by atoms with E-state index in [1.807, 2.05) is 0 Å². The molecule has 0 aromatic carbocycles. The first-order valence-corrected chi connectivity index (χ1v) is 8.77. The van der Waals surface area contributed by atoms with Gasteiger partial charge in [-0.3, -0.25) is 4.40 Å². The fourth-order valence-corrected chi connectivity index (χ4v) is 4.61. The standard InChI is InChI=1S/C13H16BrN3OS/c14-8-10-12(15-13-17(10)5-7-19-13)16-4-6-18-11-3-1-2-9(11)16/h5,7,9,11H,1-4,6,8H2. The number of fused-ring (bicyclic) bond motifs is 2. The van der Waals surface area contributed by atoms with E-state index < -0.39 is 0 Å². The summed E-state index contributed by atoms with van der Waals surface area (Å²) < 4.78 is 8.10. The van der Waals surface area contributed by atoms with E-state index in [0.29, 0.717) is 12.1 Å². The quantitative estimate of drug-likeness (QED) is 0.786. The van der Waals surface area contributed by atoms with E-state index in [-0.39, 0.29) is 0 Å². The third kappa shape index (κ3) is 1.84. The van der Waals surface area contributed by atoms with Crippen LogP contribution in [0.1, 0.15) is 25.0 Å². The van der Waals surface area contributed by atoms with Crippen LogP contribution >= 0.6 is 27.3 Å². The molecule has 1 aliphatic heterocycles. The molecule has 4 rings (SSSR count). The summed E-state index contributed by atoms with van der Waals surface area (Å²) in [5.74, 6) is 1.16. The molecule has 2 atom stereocenters. The lowest BCUT2D eigenvalue weighted by molar-refractivity contribution is 0.0253. The van der Waals surface area contributed by atoms with Crippen molar-refractivity contribution in [2.75, 3.05) is 18.1 Å². The van der Waals surface area contributed by atoms with Crippen LogP contribution in [0.3, 0.4) is 0 Å². The van der Waals surface area contributed by atoms with E-state index >= 15 is 0 Å². The van der Waals surface area contributed by atoms with E-state index in [4.69, 9.17) is 9.72 Å². The second-order valence-corrected chi connectivity index (χ2v) is 6.61. The Balaban J connectivity index is 1.78. The predicted molar refractivity (Wildman–Crippen MR) is 80.4 cm³/mol. The average Bonchev–Trinajstić information content (AvgIpc) is 3.12. The highest BCUT2D eigenvalue weighted by molar-refractivity contribution is 9.08. The zero-order chi connectivity index (χ0) is 12.8. The minimum absolute atomic E-state index is 0.414. The van der Waals surface area contributed by atoms with Crippen LogP contribution in [0.5, 0.6) is 0 Å². The molecule has 1 saturated heterocycles. The average molecular weight is 342 g/mol. The lowest BCUT2D eigenvalue weighted by Crippen LogP contribution is -2.49. The Morgan fingerprint density at radius 3 is 3.32 bits per heavy atom. The molecular weight excluding hydrogens is 326 g/mol. The number of anilines is 1. The number of alkyl halides is 1. The summed E-state index contributed by atoms with van der Waals surface area (Å²) in [4.78, 5) is 8.42. The fraction of sp³-hybridized carbons (Fsp3) is 0.615. The van der Waals surface area contributed by atoms with Gasteiger partial charge in [0.2, 0.25) is 0 Å². The Labute approximate surface area is 124 Å². The molecule has 1 saturated carbocycles. The highest BCUT2D eigenvalue weighted by Crippen LogP contribution is 2.35. The molecule has 4 nitrogen and oxygen atoms in total. The number of morpholine rings is 1. The molecule has 2 aromatic rings. The third-order valence-electron chi connectivity index (χ3n) is 4.22. The maximum absolute atomic E-state index is 5.90. The van der Waals surface area contributed by atoms with E-state index in [0.717, 1.165) is 29.3 Å². The van der Waals surface area contributed by atoms with Crippen molar-refractivity contribution < 1.29 is 4.74 Å². The van der Waals surface area contributed by atoms with Gasteiger partial charge < -0.3 is 9.64 Å². The molecule has 0 N–H and O–H groups in total. The molecule has 0 bridgehead atoms. The summed E-state index contributed by atoms with van der Waals surface area (Å²) in [5.41, 5.74) is 1.27. The van der Waals surface area contributed by atoms with E-state index in [1.165, 1.54) is 25.0 Å². The largest absolute Gasteiger partial charge is 0.374 e. The summed E-state index contributed by atoms with van der Waals surface area (Å²) in [6, 6.07) is 0.524. The predicted octanol–water partition coefficient (Wildman–Crippen LogP) is 3.05. The SMILES string of the molecule is BrCc1c(N2CCOC3CCCC32)nc2sccn12. The van der Waals surface area contributed by atoms with Crippen molar-refractivity contribution in [3.63, 3.8) is 0 Å². The van der Waals surface area contributed by atoms with Crippen LogP contribution in [0.25, 0.3) is 4.96 Å². The number of halogens is 1. The van der Waals surface area contributed by atoms with Gasteiger partial charge in [-0.1, -0.05) is 15.9 Å². The molecule has 0 radical (unpaired) electrons. The van der Waals surface area contributed by atoms with E-state index in [2.05, 4.69) is 36.8 Å². The first kappa shape index (κ1) is 12.2. The molecule has 102 valence electrons. The van der Waals surface area contributed by atoms with Crippen molar-refractivity contribution >= 4 is 38.0 Å². The van der Waals surface area contributed by atoms with Crippen LogP contribution < -0.4 is 4.90 Å². The lowest BCUT2D eigenvalue weighted by atomic mass is 10.1. The molecular formula is C13H16BrN3OS. The number of hydrogen-bond acceptors (Lipinski definition) is 4. The van der Waals surface area contributed by atoms with Crippen LogP contribution in [-0.2, 0) is 10.1 Å². The van der Waals surface area contributed by atoms with Crippen LogP contribution in [-0.4, -0.2) is 34.7 Å². The van der Waals surface area contributed by atoms with Gasteiger partial charge in [0.15, 0.2) is 10.8 Å². The molecule has 1 aliphatic carbocycles. The Hall–Kier alpha value is -0.590. The van der Waals surface area contributed by atoms with Crippen molar-refractivity contribution in [3.05, 3.63) is 17.3 Å². The Bertz CT molecular complexity index is 596. The Morgan fingerprint density at radius 1 is 1.47 bits per heavy atom. The van der Waals surface area contributed by atoms with Gasteiger partial charge in [-0.2, -0.15) is 0 Å². The highest BCUT2D eigenvalue weighted by atomic mass is 79.9. The van der Waals surface area contributed by atoms with Crippen molar-refractivity contribution in [1.82, 2.24) is 9.38 Å².